The monoisotopic (exact) mass is 252 g/mol. The Kier molecular flexibility index (Phi) is 4.14. The van der Waals surface area contributed by atoms with Gasteiger partial charge in [0.15, 0.2) is 5.84 Å². The molecule has 1 heterocycles. The summed E-state index contributed by atoms with van der Waals surface area (Å²) in [5.74, 6) is 1.14. The second-order valence-electron chi connectivity index (χ2n) is 4.73. The molecule has 0 radical (unpaired) electrons. The fraction of sp³-hybridized carbons (Fsp3) is 0.727. The van der Waals surface area contributed by atoms with E-state index in [2.05, 4.69) is 20.1 Å². The van der Waals surface area contributed by atoms with E-state index in [0.717, 1.165) is 18.7 Å². The van der Waals surface area contributed by atoms with E-state index in [0.29, 0.717) is 19.1 Å². The van der Waals surface area contributed by atoms with Gasteiger partial charge in [-0.3, -0.25) is 9.58 Å². The number of hydrogen-bond donors (Lipinski definition) is 2. The van der Waals surface area contributed by atoms with Gasteiger partial charge in [0.1, 0.15) is 12.2 Å². The first-order valence-electron chi connectivity index (χ1n) is 6.24. The fourth-order valence-electron chi connectivity index (χ4n) is 2.47. The predicted octanol–water partition coefficient (Wildman–Crippen LogP) is 0.306. The van der Waals surface area contributed by atoms with Gasteiger partial charge in [0.05, 0.1) is 13.1 Å². The van der Waals surface area contributed by atoms with Crippen LogP contribution in [-0.2, 0) is 13.6 Å². The van der Waals surface area contributed by atoms with Crippen LogP contribution in [0, 0.1) is 0 Å². The quantitative estimate of drug-likeness (QED) is 0.340. The van der Waals surface area contributed by atoms with Gasteiger partial charge in [-0.2, -0.15) is 5.10 Å². The first-order chi connectivity index (χ1) is 8.70. The number of aryl methyl sites for hydroxylation is 1. The van der Waals surface area contributed by atoms with Gasteiger partial charge in [0.2, 0.25) is 0 Å². The molecule has 0 saturated heterocycles. The van der Waals surface area contributed by atoms with Crippen LogP contribution in [0.1, 0.15) is 31.5 Å². The van der Waals surface area contributed by atoms with E-state index >= 15 is 0 Å². The minimum atomic E-state index is 0.240. The number of nitrogens with two attached hydrogens (primary N) is 1. The van der Waals surface area contributed by atoms with Crippen LogP contribution in [-0.4, -0.2) is 43.3 Å². The lowest BCUT2D eigenvalue weighted by Crippen LogP contribution is -2.40. The summed E-state index contributed by atoms with van der Waals surface area (Å²) in [6, 6.07) is 0.488. The maximum absolute atomic E-state index is 8.71. The highest BCUT2D eigenvalue weighted by molar-refractivity contribution is 5.81. The minimum Gasteiger partial charge on any atom is -0.409 e. The summed E-state index contributed by atoms with van der Waals surface area (Å²) < 4.78 is 1.76. The average molecular weight is 252 g/mol. The summed E-state index contributed by atoms with van der Waals surface area (Å²) in [7, 11) is 1.87. The average Bonchev–Trinajstić information content (AvgIpc) is 3.00. The van der Waals surface area contributed by atoms with Crippen molar-refractivity contribution in [2.75, 3.05) is 6.54 Å². The van der Waals surface area contributed by atoms with Gasteiger partial charge in [-0.1, -0.05) is 18.0 Å². The Hall–Kier alpha value is -1.63. The molecular formula is C11H20N6O. The van der Waals surface area contributed by atoms with E-state index in [4.69, 9.17) is 10.9 Å². The van der Waals surface area contributed by atoms with Crippen molar-refractivity contribution < 1.29 is 5.21 Å². The molecule has 18 heavy (non-hydrogen) atoms. The zero-order chi connectivity index (χ0) is 13.0. The number of aromatic nitrogens is 3. The maximum atomic E-state index is 8.71. The highest BCUT2D eigenvalue weighted by atomic mass is 16.4. The van der Waals surface area contributed by atoms with Gasteiger partial charge in [-0.15, -0.1) is 0 Å². The van der Waals surface area contributed by atoms with Crippen molar-refractivity contribution in [3.8, 4) is 0 Å². The molecule has 1 fully saturated rings. The van der Waals surface area contributed by atoms with E-state index in [1.807, 2.05) is 7.05 Å². The summed E-state index contributed by atoms with van der Waals surface area (Å²) in [5, 5.41) is 15.8. The van der Waals surface area contributed by atoms with Crippen LogP contribution in [0.4, 0.5) is 0 Å². The highest BCUT2D eigenvalue weighted by Gasteiger charge is 2.24. The van der Waals surface area contributed by atoms with Crippen LogP contribution in [0.2, 0.25) is 0 Å². The van der Waals surface area contributed by atoms with Gasteiger partial charge in [0.25, 0.3) is 0 Å². The number of rotatable bonds is 5. The SMILES string of the molecule is Cn1ncnc1CN(CC(N)=NO)C1CCCC1. The van der Waals surface area contributed by atoms with E-state index in [-0.39, 0.29) is 5.84 Å². The zero-order valence-corrected chi connectivity index (χ0v) is 10.7. The van der Waals surface area contributed by atoms with Crippen LogP contribution in [0.15, 0.2) is 11.5 Å². The second kappa shape index (κ2) is 5.81. The first kappa shape index (κ1) is 12.8. The van der Waals surface area contributed by atoms with Crippen LogP contribution < -0.4 is 5.73 Å². The third-order valence-electron chi connectivity index (χ3n) is 3.48. The molecule has 0 aromatic carbocycles. The number of amidine groups is 1. The van der Waals surface area contributed by atoms with E-state index in [1.54, 1.807) is 11.0 Å². The molecule has 1 aliphatic rings. The lowest BCUT2D eigenvalue weighted by atomic mass is 10.2. The van der Waals surface area contributed by atoms with E-state index in [9.17, 15) is 0 Å². The summed E-state index contributed by atoms with van der Waals surface area (Å²) in [5.41, 5.74) is 5.62. The predicted molar refractivity (Wildman–Crippen MR) is 67.1 cm³/mol. The van der Waals surface area contributed by atoms with Crippen LogP contribution >= 0.6 is 0 Å². The standard InChI is InChI=1S/C11H20N6O/c1-16-11(13-8-14-16)7-17(6-10(12)15-18)9-4-2-3-5-9/h8-9,18H,2-7H2,1H3,(H2,12,15). The van der Waals surface area contributed by atoms with Crippen molar-refractivity contribution in [1.29, 1.82) is 0 Å². The lowest BCUT2D eigenvalue weighted by molar-refractivity contribution is 0.206. The Morgan fingerprint density at radius 2 is 2.33 bits per heavy atom. The molecule has 1 saturated carbocycles. The second-order valence-corrected chi connectivity index (χ2v) is 4.73. The molecule has 7 heteroatoms. The number of oxime groups is 1. The molecule has 7 nitrogen and oxygen atoms in total. The lowest BCUT2D eigenvalue weighted by Gasteiger charge is -2.27. The Morgan fingerprint density at radius 3 is 2.89 bits per heavy atom. The molecule has 100 valence electrons. The third-order valence-corrected chi connectivity index (χ3v) is 3.48. The molecule has 0 spiro atoms. The Morgan fingerprint density at radius 1 is 1.61 bits per heavy atom. The van der Waals surface area contributed by atoms with Gasteiger partial charge in [0, 0.05) is 13.1 Å². The molecule has 1 aromatic heterocycles. The Balaban J connectivity index is 2.06. The maximum Gasteiger partial charge on any atom is 0.153 e. The van der Waals surface area contributed by atoms with Crippen molar-refractivity contribution in [2.24, 2.45) is 17.9 Å². The molecule has 0 amide bonds. The molecule has 0 aliphatic heterocycles. The molecule has 0 bridgehead atoms. The normalized spacial score (nSPS) is 17.8. The van der Waals surface area contributed by atoms with Crippen molar-refractivity contribution in [3.05, 3.63) is 12.2 Å². The zero-order valence-electron chi connectivity index (χ0n) is 10.7. The molecule has 2 rings (SSSR count). The molecular weight excluding hydrogens is 232 g/mol. The Bertz CT molecular complexity index is 409. The summed E-state index contributed by atoms with van der Waals surface area (Å²) in [4.78, 5) is 6.44. The van der Waals surface area contributed by atoms with Gasteiger partial charge >= 0.3 is 0 Å². The number of nitrogens with zero attached hydrogens (tertiary/aromatic N) is 5. The van der Waals surface area contributed by atoms with E-state index in [1.165, 1.54) is 12.8 Å². The van der Waals surface area contributed by atoms with Crippen molar-refractivity contribution in [1.82, 2.24) is 19.7 Å². The summed E-state index contributed by atoms with van der Waals surface area (Å²) in [6.07, 6.45) is 6.37. The molecule has 1 aliphatic carbocycles. The topological polar surface area (TPSA) is 92.6 Å². The van der Waals surface area contributed by atoms with Crippen molar-refractivity contribution >= 4 is 5.84 Å². The smallest absolute Gasteiger partial charge is 0.153 e. The molecule has 1 aromatic rings. The van der Waals surface area contributed by atoms with Gasteiger partial charge < -0.3 is 10.9 Å². The highest BCUT2D eigenvalue weighted by Crippen LogP contribution is 2.24. The van der Waals surface area contributed by atoms with Crippen molar-refractivity contribution in [3.63, 3.8) is 0 Å². The first-order valence-corrected chi connectivity index (χ1v) is 6.24. The fourth-order valence-corrected chi connectivity index (χ4v) is 2.47. The number of hydrogen-bond acceptors (Lipinski definition) is 5. The van der Waals surface area contributed by atoms with Crippen molar-refractivity contribution in [2.45, 2.75) is 38.3 Å². The van der Waals surface area contributed by atoms with Crippen LogP contribution in [0.5, 0.6) is 0 Å². The van der Waals surface area contributed by atoms with Crippen LogP contribution in [0.25, 0.3) is 0 Å². The van der Waals surface area contributed by atoms with Crippen LogP contribution in [0.3, 0.4) is 0 Å². The largest absolute Gasteiger partial charge is 0.409 e. The summed E-state index contributed by atoms with van der Waals surface area (Å²) in [6.45, 7) is 1.14. The molecule has 3 N–H and O–H groups in total. The van der Waals surface area contributed by atoms with Gasteiger partial charge in [-0.05, 0) is 12.8 Å². The summed E-state index contributed by atoms with van der Waals surface area (Å²) >= 11 is 0. The third kappa shape index (κ3) is 2.98. The molecule has 0 unspecified atom stereocenters. The van der Waals surface area contributed by atoms with Gasteiger partial charge in [-0.25, -0.2) is 4.98 Å². The minimum absolute atomic E-state index is 0.240. The van der Waals surface area contributed by atoms with E-state index < -0.39 is 0 Å². The Labute approximate surface area is 106 Å². The molecule has 0 atom stereocenters.